The minimum atomic E-state index is -0.235. The normalized spacial score (nSPS) is 25.6. The molecule has 0 radical (unpaired) electrons. The van der Waals surface area contributed by atoms with Gasteiger partial charge in [-0.05, 0) is 30.2 Å². The Morgan fingerprint density at radius 1 is 1.23 bits per heavy atom. The van der Waals surface area contributed by atoms with Crippen LogP contribution in [0.15, 0.2) is 30.3 Å². The van der Waals surface area contributed by atoms with Crippen molar-refractivity contribution >= 4 is 6.09 Å². The van der Waals surface area contributed by atoms with Crippen molar-refractivity contribution in [3.8, 4) is 0 Å². The minimum Gasteiger partial charge on any atom is -0.445 e. The van der Waals surface area contributed by atoms with Gasteiger partial charge >= 0.3 is 6.09 Å². The Labute approximate surface area is 132 Å². The highest BCUT2D eigenvalue weighted by Gasteiger charge is 2.32. The Hall–Kier alpha value is -1.55. The number of ether oxygens (including phenoxy) is 1. The largest absolute Gasteiger partial charge is 0.445 e. The molecule has 1 heterocycles. The van der Waals surface area contributed by atoms with Crippen LogP contribution >= 0.6 is 0 Å². The van der Waals surface area contributed by atoms with E-state index < -0.39 is 0 Å². The molecule has 1 aliphatic carbocycles. The Morgan fingerprint density at radius 2 is 2.00 bits per heavy atom. The van der Waals surface area contributed by atoms with E-state index in [1.165, 1.54) is 25.7 Å². The molecule has 2 atom stereocenters. The number of hydrogen-bond donors (Lipinski definition) is 1. The van der Waals surface area contributed by atoms with Gasteiger partial charge in [0, 0.05) is 19.1 Å². The molecule has 1 amide bonds. The SMILES string of the molecule is N[C@@H]1CN(C(=O)OCc2ccccc2)CC[C@H]1CC1CCC1. The van der Waals surface area contributed by atoms with E-state index in [-0.39, 0.29) is 12.1 Å². The maximum Gasteiger partial charge on any atom is 0.410 e. The van der Waals surface area contributed by atoms with E-state index in [4.69, 9.17) is 10.5 Å². The first-order chi connectivity index (χ1) is 10.7. The lowest BCUT2D eigenvalue weighted by atomic mass is 9.75. The van der Waals surface area contributed by atoms with E-state index in [0.29, 0.717) is 19.1 Å². The molecule has 2 fully saturated rings. The number of carbonyl (C=O) groups excluding carboxylic acids is 1. The Balaban J connectivity index is 1.44. The van der Waals surface area contributed by atoms with Crippen LogP contribution in [0.25, 0.3) is 0 Å². The fourth-order valence-electron chi connectivity index (χ4n) is 3.46. The van der Waals surface area contributed by atoms with Gasteiger partial charge < -0.3 is 15.4 Å². The van der Waals surface area contributed by atoms with Crippen LogP contribution in [0.1, 0.15) is 37.7 Å². The summed E-state index contributed by atoms with van der Waals surface area (Å²) in [4.78, 5) is 13.9. The number of nitrogens with two attached hydrogens (primary N) is 1. The van der Waals surface area contributed by atoms with Crippen LogP contribution < -0.4 is 5.73 Å². The fraction of sp³-hybridized carbons (Fsp3) is 0.611. The lowest BCUT2D eigenvalue weighted by Gasteiger charge is -2.39. The highest BCUT2D eigenvalue weighted by Crippen LogP contribution is 2.35. The van der Waals surface area contributed by atoms with E-state index in [1.54, 1.807) is 4.90 Å². The summed E-state index contributed by atoms with van der Waals surface area (Å²) in [5.41, 5.74) is 7.31. The molecule has 1 saturated carbocycles. The number of nitrogens with zero attached hydrogens (tertiary/aromatic N) is 1. The first-order valence-electron chi connectivity index (χ1n) is 8.43. The molecular weight excluding hydrogens is 276 g/mol. The Bertz CT molecular complexity index is 487. The summed E-state index contributed by atoms with van der Waals surface area (Å²) in [5.74, 6) is 1.45. The van der Waals surface area contributed by atoms with Crippen molar-refractivity contribution in [3.05, 3.63) is 35.9 Å². The molecule has 1 aromatic rings. The van der Waals surface area contributed by atoms with Gasteiger partial charge in [0.25, 0.3) is 0 Å². The van der Waals surface area contributed by atoms with Crippen molar-refractivity contribution in [2.45, 2.75) is 44.8 Å². The Morgan fingerprint density at radius 3 is 2.64 bits per heavy atom. The number of amides is 1. The highest BCUT2D eigenvalue weighted by molar-refractivity contribution is 5.67. The zero-order valence-corrected chi connectivity index (χ0v) is 13.1. The number of piperidine rings is 1. The quantitative estimate of drug-likeness (QED) is 0.929. The molecular formula is C18H26N2O2. The third-order valence-corrected chi connectivity index (χ3v) is 5.13. The predicted octanol–water partition coefficient (Wildman–Crippen LogP) is 3.16. The van der Waals surface area contributed by atoms with Crippen molar-refractivity contribution in [1.82, 2.24) is 4.90 Å². The molecule has 0 bridgehead atoms. The maximum absolute atomic E-state index is 12.2. The van der Waals surface area contributed by atoms with Gasteiger partial charge in [0.2, 0.25) is 0 Å². The number of benzene rings is 1. The molecule has 4 nitrogen and oxygen atoms in total. The number of carbonyl (C=O) groups is 1. The van der Waals surface area contributed by atoms with Crippen molar-refractivity contribution in [2.75, 3.05) is 13.1 Å². The number of hydrogen-bond acceptors (Lipinski definition) is 3. The average Bonchev–Trinajstić information content (AvgIpc) is 2.50. The van der Waals surface area contributed by atoms with Crippen molar-refractivity contribution in [3.63, 3.8) is 0 Å². The molecule has 1 aliphatic heterocycles. The van der Waals surface area contributed by atoms with Crippen molar-refractivity contribution in [1.29, 1.82) is 0 Å². The third kappa shape index (κ3) is 3.80. The summed E-state index contributed by atoms with van der Waals surface area (Å²) in [6.45, 7) is 1.74. The van der Waals surface area contributed by atoms with Gasteiger partial charge in [-0.1, -0.05) is 49.6 Å². The van der Waals surface area contributed by atoms with Gasteiger partial charge in [-0.3, -0.25) is 0 Å². The average molecular weight is 302 g/mol. The van der Waals surface area contributed by atoms with E-state index in [9.17, 15) is 4.79 Å². The summed E-state index contributed by atoms with van der Waals surface area (Å²) in [6, 6.07) is 9.87. The third-order valence-electron chi connectivity index (χ3n) is 5.13. The van der Waals surface area contributed by atoms with Crippen LogP contribution in [0.4, 0.5) is 4.79 Å². The molecule has 4 heteroatoms. The van der Waals surface area contributed by atoms with Crippen LogP contribution in [0.2, 0.25) is 0 Å². The molecule has 0 aromatic heterocycles. The van der Waals surface area contributed by atoms with Crippen LogP contribution in [-0.4, -0.2) is 30.1 Å². The smallest absolute Gasteiger partial charge is 0.410 e. The van der Waals surface area contributed by atoms with E-state index in [2.05, 4.69) is 0 Å². The van der Waals surface area contributed by atoms with Crippen LogP contribution in [0.3, 0.4) is 0 Å². The zero-order valence-electron chi connectivity index (χ0n) is 13.1. The molecule has 2 aliphatic rings. The van der Waals surface area contributed by atoms with E-state index in [1.807, 2.05) is 30.3 Å². The van der Waals surface area contributed by atoms with Crippen LogP contribution in [0.5, 0.6) is 0 Å². The fourth-order valence-corrected chi connectivity index (χ4v) is 3.46. The monoisotopic (exact) mass is 302 g/mol. The van der Waals surface area contributed by atoms with E-state index >= 15 is 0 Å². The topological polar surface area (TPSA) is 55.6 Å². The number of likely N-dealkylation sites (tertiary alicyclic amines) is 1. The van der Waals surface area contributed by atoms with Gasteiger partial charge in [0.1, 0.15) is 6.61 Å². The predicted molar refractivity (Wildman–Crippen MR) is 86.2 cm³/mol. The van der Waals surface area contributed by atoms with Gasteiger partial charge in [-0.2, -0.15) is 0 Å². The van der Waals surface area contributed by atoms with Gasteiger partial charge in [0.15, 0.2) is 0 Å². The molecule has 1 aromatic carbocycles. The second-order valence-electron chi connectivity index (χ2n) is 6.73. The molecule has 22 heavy (non-hydrogen) atoms. The summed E-state index contributed by atoms with van der Waals surface area (Å²) in [6.07, 6.45) is 6.14. The van der Waals surface area contributed by atoms with Crippen molar-refractivity contribution in [2.24, 2.45) is 17.6 Å². The molecule has 0 unspecified atom stereocenters. The van der Waals surface area contributed by atoms with Gasteiger partial charge in [-0.15, -0.1) is 0 Å². The van der Waals surface area contributed by atoms with Gasteiger partial charge in [0.05, 0.1) is 0 Å². The molecule has 1 saturated heterocycles. The molecule has 120 valence electrons. The number of rotatable bonds is 4. The zero-order chi connectivity index (χ0) is 15.4. The second kappa shape index (κ2) is 7.14. The minimum absolute atomic E-state index is 0.0959. The molecule has 2 N–H and O–H groups in total. The maximum atomic E-state index is 12.2. The second-order valence-corrected chi connectivity index (χ2v) is 6.73. The summed E-state index contributed by atoms with van der Waals surface area (Å²) in [5, 5.41) is 0. The first-order valence-corrected chi connectivity index (χ1v) is 8.43. The lowest BCUT2D eigenvalue weighted by molar-refractivity contribution is 0.0709. The van der Waals surface area contributed by atoms with E-state index in [0.717, 1.165) is 24.4 Å². The Kier molecular flexibility index (Phi) is 4.98. The highest BCUT2D eigenvalue weighted by atomic mass is 16.6. The lowest BCUT2D eigenvalue weighted by Crippen LogP contribution is -2.51. The first kappa shape index (κ1) is 15.3. The molecule has 0 spiro atoms. The van der Waals surface area contributed by atoms with Crippen LogP contribution in [0, 0.1) is 11.8 Å². The molecule has 3 rings (SSSR count). The summed E-state index contributed by atoms with van der Waals surface area (Å²) in [7, 11) is 0. The summed E-state index contributed by atoms with van der Waals surface area (Å²) < 4.78 is 5.40. The standard InChI is InChI=1S/C18H26N2O2/c19-17-12-20(10-9-16(17)11-14-7-4-8-14)18(21)22-13-15-5-2-1-3-6-15/h1-3,5-6,14,16-17H,4,7-13,19H2/t16-,17+/m0/s1. The van der Waals surface area contributed by atoms with Crippen molar-refractivity contribution < 1.29 is 9.53 Å². The van der Waals surface area contributed by atoms with Gasteiger partial charge in [-0.25, -0.2) is 4.79 Å². The van der Waals surface area contributed by atoms with Crippen LogP contribution in [-0.2, 0) is 11.3 Å². The summed E-state index contributed by atoms with van der Waals surface area (Å²) >= 11 is 0.